The molecule has 0 bridgehead atoms. The van der Waals surface area contributed by atoms with Crippen LogP contribution in [-0.4, -0.2) is 76.9 Å². The van der Waals surface area contributed by atoms with E-state index in [1.165, 1.54) is 257 Å². The molecule has 0 amide bonds. The fourth-order valence-electron chi connectivity index (χ4n) is 9.03. The van der Waals surface area contributed by atoms with Crippen molar-refractivity contribution in [2.75, 3.05) is 13.2 Å². The summed E-state index contributed by atoms with van der Waals surface area (Å²) in [7, 11) is -9.23. The summed E-state index contributed by atoms with van der Waals surface area (Å²) in [5.41, 5.74) is 0. The summed E-state index contributed by atoms with van der Waals surface area (Å²) in [5.74, 6) is 0.0378. The maximum absolute atomic E-state index is 10.9. The second kappa shape index (κ2) is 59.4. The van der Waals surface area contributed by atoms with Crippen molar-refractivity contribution in [2.45, 2.75) is 323 Å². The zero-order valence-corrected chi connectivity index (χ0v) is 50.0. The van der Waals surface area contributed by atoms with Gasteiger partial charge in [0.05, 0.1) is 13.2 Å². The van der Waals surface area contributed by atoms with Gasteiger partial charge in [0.2, 0.25) is 20.8 Å². The normalized spacial score (nSPS) is 13.0. The summed E-state index contributed by atoms with van der Waals surface area (Å²) in [6.07, 6.45) is 67.4. The number of hydrogen-bond acceptors (Lipinski definition) is 8. The molecule has 8 nitrogen and oxygen atoms in total. The van der Waals surface area contributed by atoms with Crippen molar-refractivity contribution in [3.63, 3.8) is 0 Å². The molecule has 0 aliphatic carbocycles. The molecule has 408 valence electrons. The second-order valence-electron chi connectivity index (χ2n) is 20.4. The van der Waals surface area contributed by atoms with Gasteiger partial charge in [-0.15, -0.1) is 0 Å². The van der Waals surface area contributed by atoms with Crippen LogP contribution in [0, 0.1) is 11.8 Å². The van der Waals surface area contributed by atoms with Gasteiger partial charge in [-0.2, -0.15) is 0 Å². The predicted octanol–water partition coefficient (Wildman–Crippen LogP) is 18.9. The molecule has 11 heteroatoms. The Hall–Kier alpha value is 0.480. The molecule has 0 aromatic heterocycles. The van der Waals surface area contributed by atoms with Crippen LogP contribution in [0.1, 0.15) is 323 Å². The third kappa shape index (κ3) is 68.5. The van der Waals surface area contributed by atoms with Crippen LogP contribution in [0.3, 0.4) is 0 Å². The number of allylic oxidation sites excluding steroid dienone is 2. The van der Waals surface area contributed by atoms with Gasteiger partial charge >= 0.3 is 37.7 Å². The Bertz CT molecular complexity index is 1160. The molecule has 69 heavy (non-hydrogen) atoms. The van der Waals surface area contributed by atoms with Gasteiger partial charge in [0, 0.05) is 11.8 Å². The molecular weight excluding hydrogens is 929 g/mol. The van der Waals surface area contributed by atoms with E-state index in [1.807, 2.05) is 0 Å². The zero-order valence-electron chi connectivity index (χ0n) is 46.2. The SMILES string of the molecule is CCCCCCCCCCCC/C=C/C(CCCCCCCCCCCCC)COS(=O)(=O)[O-].CCCCCCCCCCCC/C=C/C(CCCCCCCCCCCCC)COS(=O)(=O)[O-].[Ca+2]. The maximum atomic E-state index is 10.9. The van der Waals surface area contributed by atoms with Gasteiger partial charge < -0.3 is 9.11 Å². The first kappa shape index (κ1) is 73.7. The van der Waals surface area contributed by atoms with E-state index in [9.17, 15) is 25.9 Å². The molecule has 0 aliphatic heterocycles. The summed E-state index contributed by atoms with van der Waals surface area (Å²) in [4.78, 5) is 0. The van der Waals surface area contributed by atoms with E-state index in [0.717, 1.165) is 38.5 Å². The Kier molecular flexibility index (Phi) is 63.4. The summed E-state index contributed by atoms with van der Waals surface area (Å²) in [6.45, 7) is 8.99. The third-order valence-corrected chi connectivity index (χ3v) is 14.3. The summed E-state index contributed by atoms with van der Waals surface area (Å²) < 4.78 is 74.3. The van der Waals surface area contributed by atoms with Crippen LogP contribution < -0.4 is 0 Å². The molecule has 0 aromatic rings. The van der Waals surface area contributed by atoms with E-state index in [1.54, 1.807) is 0 Å². The van der Waals surface area contributed by atoms with Gasteiger partial charge in [-0.1, -0.05) is 309 Å². The summed E-state index contributed by atoms with van der Waals surface area (Å²) >= 11 is 0. The van der Waals surface area contributed by atoms with E-state index in [-0.39, 0.29) is 62.8 Å². The number of hydrogen-bond donors (Lipinski definition) is 0. The minimum Gasteiger partial charge on any atom is -0.726 e. The van der Waals surface area contributed by atoms with E-state index in [4.69, 9.17) is 0 Å². The Morgan fingerprint density at radius 2 is 0.507 bits per heavy atom. The predicted molar refractivity (Wildman–Crippen MR) is 297 cm³/mol. The average molecular weight is 1040 g/mol. The maximum Gasteiger partial charge on any atom is 2.00 e. The Balaban J connectivity index is -0.00000124. The van der Waals surface area contributed by atoms with Gasteiger partial charge in [0.15, 0.2) is 0 Å². The van der Waals surface area contributed by atoms with Gasteiger partial charge in [0.1, 0.15) is 0 Å². The number of rotatable bonds is 54. The van der Waals surface area contributed by atoms with Gasteiger partial charge in [-0.25, -0.2) is 16.8 Å². The molecule has 0 N–H and O–H groups in total. The smallest absolute Gasteiger partial charge is 0.726 e. The van der Waals surface area contributed by atoms with Crippen LogP contribution in [-0.2, 0) is 29.2 Å². The van der Waals surface area contributed by atoms with Gasteiger partial charge in [0.25, 0.3) is 0 Å². The molecule has 0 fully saturated rings. The van der Waals surface area contributed by atoms with Crippen molar-refractivity contribution in [1.29, 1.82) is 0 Å². The first-order valence-corrected chi connectivity index (χ1v) is 32.2. The van der Waals surface area contributed by atoms with Crippen LogP contribution in [0.5, 0.6) is 0 Å². The Labute approximate surface area is 461 Å². The molecule has 0 rings (SSSR count). The standard InChI is InChI=1S/2C29H58O4S.Ca/c2*1-3-5-7-9-11-13-15-17-19-21-23-25-27-29(28-33-34(30,31)32)26-24-22-20-18-16-14-12-10-8-6-4-2;/h2*25,27,29H,3-24,26,28H2,1-2H3,(H,30,31,32);/q;;+2/p-2/b2*27-25+;. The van der Waals surface area contributed by atoms with Crippen LogP contribution in [0.25, 0.3) is 0 Å². The van der Waals surface area contributed by atoms with Gasteiger partial charge in [-0.3, -0.25) is 8.37 Å². The summed E-state index contributed by atoms with van der Waals surface area (Å²) in [5, 5.41) is 0. The van der Waals surface area contributed by atoms with Crippen LogP contribution in [0.4, 0.5) is 0 Å². The largest absolute Gasteiger partial charge is 2.00 e. The van der Waals surface area contributed by atoms with Crippen molar-refractivity contribution >= 4 is 58.5 Å². The van der Waals surface area contributed by atoms with E-state index >= 15 is 0 Å². The average Bonchev–Trinajstić information content (AvgIpc) is 3.30. The molecule has 0 saturated heterocycles. The zero-order chi connectivity index (χ0) is 50.3. The fourth-order valence-corrected chi connectivity index (χ4v) is 9.71. The molecule has 0 aromatic carbocycles. The quantitative estimate of drug-likeness (QED) is 0.0193. The topological polar surface area (TPSA) is 133 Å². The minimum absolute atomic E-state index is 0. The number of unbranched alkanes of at least 4 members (excludes halogenated alkanes) is 40. The molecule has 0 radical (unpaired) electrons. The van der Waals surface area contributed by atoms with Crippen LogP contribution >= 0.6 is 0 Å². The van der Waals surface area contributed by atoms with Crippen molar-refractivity contribution < 1.29 is 34.3 Å². The first-order valence-electron chi connectivity index (χ1n) is 29.5. The molecule has 2 unspecified atom stereocenters. The van der Waals surface area contributed by atoms with Crippen molar-refractivity contribution in [3.05, 3.63) is 24.3 Å². The van der Waals surface area contributed by atoms with Crippen LogP contribution in [0.2, 0.25) is 0 Å². The summed E-state index contributed by atoms with van der Waals surface area (Å²) in [6, 6.07) is 0. The van der Waals surface area contributed by atoms with E-state index in [0.29, 0.717) is 0 Å². The molecular formula is C58H114CaO8S2. The van der Waals surface area contributed by atoms with Crippen molar-refractivity contribution in [1.82, 2.24) is 0 Å². The van der Waals surface area contributed by atoms with Crippen LogP contribution in [0.15, 0.2) is 24.3 Å². The third-order valence-electron chi connectivity index (χ3n) is 13.5. The van der Waals surface area contributed by atoms with Gasteiger partial charge in [-0.05, 0) is 38.5 Å². The Morgan fingerprint density at radius 1 is 0.319 bits per heavy atom. The molecule has 0 spiro atoms. The minimum atomic E-state index is -4.61. The first-order chi connectivity index (χ1) is 33.0. The second-order valence-corrected chi connectivity index (χ2v) is 22.5. The Morgan fingerprint density at radius 3 is 0.710 bits per heavy atom. The fraction of sp³-hybridized carbons (Fsp3) is 0.931. The molecule has 0 heterocycles. The van der Waals surface area contributed by atoms with E-state index < -0.39 is 20.8 Å². The van der Waals surface area contributed by atoms with E-state index in [2.05, 4.69) is 60.4 Å². The van der Waals surface area contributed by atoms with Crippen molar-refractivity contribution in [3.8, 4) is 0 Å². The monoisotopic (exact) mass is 1040 g/mol. The molecule has 0 aliphatic rings. The molecule has 2 atom stereocenters. The molecule has 0 saturated carbocycles. The van der Waals surface area contributed by atoms with Crippen molar-refractivity contribution in [2.24, 2.45) is 11.8 Å².